The first-order valence-electron chi connectivity index (χ1n) is 8.49. The minimum Gasteiger partial charge on any atom is -0.325 e. The summed E-state index contributed by atoms with van der Waals surface area (Å²) < 4.78 is 26.2. The summed E-state index contributed by atoms with van der Waals surface area (Å²) in [7, 11) is -3.45. The topological polar surface area (TPSA) is 66.5 Å². The SMILES string of the molecule is CCN(CC)S(=O)(=O)c1ccc(NC(=O)CSC2CCCC2)cc1. The summed E-state index contributed by atoms with van der Waals surface area (Å²) in [4.78, 5) is 12.2. The zero-order chi connectivity index (χ0) is 17.6. The predicted octanol–water partition coefficient (Wildman–Crippen LogP) is 3.33. The lowest BCUT2D eigenvalue weighted by Gasteiger charge is -2.18. The molecule has 1 aromatic carbocycles. The number of hydrogen-bond donors (Lipinski definition) is 1. The largest absolute Gasteiger partial charge is 0.325 e. The second-order valence-corrected chi connectivity index (χ2v) is 9.11. The lowest BCUT2D eigenvalue weighted by atomic mass is 10.3. The van der Waals surface area contributed by atoms with Crippen molar-refractivity contribution in [2.75, 3.05) is 24.2 Å². The van der Waals surface area contributed by atoms with E-state index in [0.717, 1.165) is 0 Å². The molecule has 0 bridgehead atoms. The first-order chi connectivity index (χ1) is 11.5. The molecule has 1 N–H and O–H groups in total. The third kappa shape index (κ3) is 4.97. The maximum absolute atomic E-state index is 12.4. The van der Waals surface area contributed by atoms with Crippen molar-refractivity contribution in [3.8, 4) is 0 Å². The molecule has 7 heteroatoms. The van der Waals surface area contributed by atoms with Crippen LogP contribution < -0.4 is 5.32 Å². The molecule has 1 aromatic rings. The van der Waals surface area contributed by atoms with Gasteiger partial charge in [-0.3, -0.25) is 4.79 Å². The molecule has 24 heavy (non-hydrogen) atoms. The van der Waals surface area contributed by atoms with Crippen LogP contribution in [0, 0.1) is 0 Å². The number of hydrogen-bond acceptors (Lipinski definition) is 4. The van der Waals surface area contributed by atoms with E-state index in [-0.39, 0.29) is 10.8 Å². The van der Waals surface area contributed by atoms with E-state index in [4.69, 9.17) is 0 Å². The Labute approximate surface area is 149 Å². The molecule has 1 aliphatic carbocycles. The van der Waals surface area contributed by atoms with Crippen molar-refractivity contribution in [2.45, 2.75) is 49.7 Å². The first kappa shape index (κ1) is 19.3. The van der Waals surface area contributed by atoms with Crippen LogP contribution in [0.3, 0.4) is 0 Å². The Morgan fingerprint density at radius 3 is 2.29 bits per heavy atom. The molecular weight excluding hydrogens is 344 g/mol. The lowest BCUT2D eigenvalue weighted by Crippen LogP contribution is -2.30. The lowest BCUT2D eigenvalue weighted by molar-refractivity contribution is -0.113. The highest BCUT2D eigenvalue weighted by Gasteiger charge is 2.21. The Morgan fingerprint density at radius 2 is 1.75 bits per heavy atom. The van der Waals surface area contributed by atoms with Gasteiger partial charge in [0, 0.05) is 24.0 Å². The van der Waals surface area contributed by atoms with Crippen molar-refractivity contribution in [1.82, 2.24) is 4.31 Å². The molecule has 134 valence electrons. The molecule has 0 saturated heterocycles. The Kier molecular flexibility index (Phi) is 7.13. The van der Waals surface area contributed by atoms with Crippen LogP contribution in [0.25, 0.3) is 0 Å². The minimum atomic E-state index is -3.45. The Balaban J connectivity index is 1.92. The molecule has 0 radical (unpaired) electrons. The number of anilines is 1. The average molecular weight is 371 g/mol. The second kappa shape index (κ2) is 8.87. The van der Waals surface area contributed by atoms with E-state index in [0.29, 0.717) is 29.8 Å². The fraction of sp³-hybridized carbons (Fsp3) is 0.588. The summed E-state index contributed by atoms with van der Waals surface area (Å²) in [5.74, 6) is 0.413. The summed E-state index contributed by atoms with van der Waals surface area (Å²) in [5.41, 5.74) is 0.630. The third-order valence-electron chi connectivity index (χ3n) is 4.23. The van der Waals surface area contributed by atoms with Crippen molar-refractivity contribution in [3.05, 3.63) is 24.3 Å². The zero-order valence-electron chi connectivity index (χ0n) is 14.3. The molecule has 0 spiro atoms. The molecule has 0 aliphatic heterocycles. The highest BCUT2D eigenvalue weighted by Crippen LogP contribution is 2.29. The van der Waals surface area contributed by atoms with Crippen molar-refractivity contribution in [2.24, 2.45) is 0 Å². The van der Waals surface area contributed by atoms with Gasteiger partial charge in [-0.15, -0.1) is 11.8 Å². The number of sulfonamides is 1. The highest BCUT2D eigenvalue weighted by atomic mass is 32.2. The monoisotopic (exact) mass is 370 g/mol. The van der Waals surface area contributed by atoms with Crippen LogP contribution in [0.1, 0.15) is 39.5 Å². The molecular formula is C17H26N2O3S2. The van der Waals surface area contributed by atoms with Crippen molar-refractivity contribution in [3.63, 3.8) is 0 Å². The predicted molar refractivity (Wildman–Crippen MR) is 99.9 cm³/mol. The van der Waals surface area contributed by atoms with Crippen molar-refractivity contribution < 1.29 is 13.2 Å². The van der Waals surface area contributed by atoms with Crippen LogP contribution in [-0.4, -0.2) is 42.7 Å². The van der Waals surface area contributed by atoms with Crippen molar-refractivity contribution in [1.29, 1.82) is 0 Å². The molecule has 1 aliphatic rings. The van der Waals surface area contributed by atoms with Crippen LogP contribution in [0.2, 0.25) is 0 Å². The smallest absolute Gasteiger partial charge is 0.243 e. The van der Waals surface area contributed by atoms with E-state index < -0.39 is 10.0 Å². The van der Waals surface area contributed by atoms with Gasteiger partial charge in [-0.25, -0.2) is 8.42 Å². The Bertz CT molecular complexity index is 634. The number of benzene rings is 1. The number of nitrogens with zero attached hydrogens (tertiary/aromatic N) is 1. The highest BCUT2D eigenvalue weighted by molar-refractivity contribution is 8.00. The van der Waals surface area contributed by atoms with Gasteiger partial charge in [0.1, 0.15) is 0 Å². The fourth-order valence-electron chi connectivity index (χ4n) is 2.87. The Morgan fingerprint density at radius 1 is 1.17 bits per heavy atom. The van der Waals surface area contributed by atoms with Gasteiger partial charge >= 0.3 is 0 Å². The number of thioether (sulfide) groups is 1. The number of amides is 1. The van der Waals surface area contributed by atoms with Gasteiger partial charge in [0.15, 0.2) is 0 Å². The van der Waals surface area contributed by atoms with Gasteiger partial charge in [-0.05, 0) is 37.1 Å². The van der Waals surface area contributed by atoms with Crippen LogP contribution in [0.15, 0.2) is 29.2 Å². The average Bonchev–Trinajstić information content (AvgIpc) is 3.08. The number of carbonyl (C=O) groups excluding carboxylic acids is 1. The number of nitrogens with one attached hydrogen (secondary N) is 1. The van der Waals surface area contributed by atoms with Gasteiger partial charge < -0.3 is 5.32 Å². The minimum absolute atomic E-state index is 0.0359. The van der Waals surface area contributed by atoms with E-state index in [1.165, 1.54) is 30.0 Å². The maximum atomic E-state index is 12.4. The summed E-state index contributed by atoms with van der Waals surface area (Å²) in [6.07, 6.45) is 4.94. The van der Waals surface area contributed by atoms with E-state index in [1.54, 1.807) is 36.0 Å². The quantitative estimate of drug-likeness (QED) is 0.762. The van der Waals surface area contributed by atoms with E-state index >= 15 is 0 Å². The third-order valence-corrected chi connectivity index (χ3v) is 7.67. The maximum Gasteiger partial charge on any atom is 0.243 e. The summed E-state index contributed by atoms with van der Waals surface area (Å²) in [6, 6.07) is 6.39. The van der Waals surface area contributed by atoms with Gasteiger partial charge in [0.25, 0.3) is 0 Å². The molecule has 0 aromatic heterocycles. The molecule has 0 heterocycles. The molecule has 1 saturated carbocycles. The van der Waals surface area contributed by atoms with Gasteiger partial charge in [0.05, 0.1) is 10.6 Å². The zero-order valence-corrected chi connectivity index (χ0v) is 16.0. The molecule has 1 amide bonds. The van der Waals surface area contributed by atoms with E-state index in [2.05, 4.69) is 5.32 Å². The van der Waals surface area contributed by atoms with Crippen LogP contribution in [-0.2, 0) is 14.8 Å². The Hall–Kier alpha value is -1.05. The molecule has 5 nitrogen and oxygen atoms in total. The van der Waals surface area contributed by atoms with Crippen LogP contribution >= 0.6 is 11.8 Å². The standard InChI is InChI=1S/C17H26N2O3S2/c1-3-19(4-2)24(21,22)16-11-9-14(10-12-16)18-17(20)13-23-15-7-5-6-8-15/h9-12,15H,3-8,13H2,1-2H3,(H,18,20). The molecule has 0 atom stereocenters. The van der Waals surface area contributed by atoms with Crippen molar-refractivity contribution >= 4 is 33.4 Å². The summed E-state index contributed by atoms with van der Waals surface area (Å²) in [6.45, 7) is 4.51. The second-order valence-electron chi connectivity index (χ2n) is 5.88. The van der Waals surface area contributed by atoms with E-state index in [1.807, 2.05) is 13.8 Å². The fourth-order valence-corrected chi connectivity index (χ4v) is 5.45. The van der Waals surface area contributed by atoms with Crippen LogP contribution in [0.5, 0.6) is 0 Å². The van der Waals surface area contributed by atoms with Gasteiger partial charge in [0.2, 0.25) is 15.9 Å². The van der Waals surface area contributed by atoms with Crippen LogP contribution in [0.4, 0.5) is 5.69 Å². The number of carbonyl (C=O) groups is 1. The number of rotatable bonds is 8. The summed E-state index contributed by atoms with van der Waals surface area (Å²) >= 11 is 1.71. The van der Waals surface area contributed by atoms with Gasteiger partial charge in [-0.1, -0.05) is 26.7 Å². The van der Waals surface area contributed by atoms with Gasteiger partial charge in [-0.2, -0.15) is 4.31 Å². The van der Waals surface area contributed by atoms with E-state index in [9.17, 15) is 13.2 Å². The molecule has 1 fully saturated rings. The first-order valence-corrected chi connectivity index (χ1v) is 11.0. The summed E-state index contributed by atoms with van der Waals surface area (Å²) in [5, 5.41) is 3.44. The molecule has 0 unspecified atom stereocenters. The molecule has 2 rings (SSSR count). The normalized spacial score (nSPS) is 15.8.